The van der Waals surface area contributed by atoms with Gasteiger partial charge in [0, 0.05) is 67.9 Å². The van der Waals surface area contributed by atoms with Gasteiger partial charge in [-0.25, -0.2) is 14.6 Å². The predicted octanol–water partition coefficient (Wildman–Crippen LogP) is 5.60. The summed E-state index contributed by atoms with van der Waals surface area (Å²) >= 11 is 0. The first-order valence-electron chi connectivity index (χ1n) is 17.4. The van der Waals surface area contributed by atoms with Gasteiger partial charge in [0.15, 0.2) is 11.5 Å². The molecule has 0 bridgehead atoms. The molecule has 2 aliphatic rings. The smallest absolute Gasteiger partial charge is 0.256 e. The second-order valence-electron chi connectivity index (χ2n) is 13.0. The van der Waals surface area contributed by atoms with Gasteiger partial charge in [-0.2, -0.15) is 5.10 Å². The lowest BCUT2D eigenvalue weighted by molar-refractivity contribution is -0.125. The third-order valence-corrected chi connectivity index (χ3v) is 9.30. The largest absolute Gasteiger partial charge is 0.497 e. The van der Waals surface area contributed by atoms with E-state index in [0.717, 1.165) is 29.7 Å². The van der Waals surface area contributed by atoms with Crippen LogP contribution in [0.3, 0.4) is 0 Å². The van der Waals surface area contributed by atoms with Crippen molar-refractivity contribution in [2.75, 3.05) is 51.5 Å². The Morgan fingerprint density at radius 3 is 2.42 bits per heavy atom. The molecular weight excluding hydrogens is 660 g/mol. The van der Waals surface area contributed by atoms with Crippen LogP contribution >= 0.6 is 0 Å². The molecule has 13 heteroatoms. The summed E-state index contributed by atoms with van der Waals surface area (Å²) in [6.07, 6.45) is 10.2. The molecule has 4 heterocycles. The van der Waals surface area contributed by atoms with E-state index in [9.17, 15) is 9.59 Å². The first kappa shape index (κ1) is 34.5. The number of pyridine rings is 2. The summed E-state index contributed by atoms with van der Waals surface area (Å²) in [4.78, 5) is 39.0. The Morgan fingerprint density at radius 2 is 1.67 bits per heavy atom. The van der Waals surface area contributed by atoms with E-state index < -0.39 is 0 Å². The number of nitrogens with zero attached hydrogens (tertiary/aromatic N) is 6. The SMILES string of the molecule is COc1ccc(Cn2nc(NC3CCN(C(=O)/C=C/CN(C)C4CC4)C3)c3c(Oc4ccc(C(=O)Nc5cc(OC)ccn5)cc4)ccnc32)cc1. The Hall–Kier alpha value is -5.95. The fourth-order valence-electron chi connectivity index (χ4n) is 6.23. The van der Waals surface area contributed by atoms with E-state index in [0.29, 0.717) is 65.8 Å². The molecule has 2 aromatic carbocycles. The van der Waals surface area contributed by atoms with Crippen molar-refractivity contribution in [1.82, 2.24) is 29.5 Å². The van der Waals surface area contributed by atoms with Gasteiger partial charge in [0.1, 0.15) is 34.2 Å². The van der Waals surface area contributed by atoms with Gasteiger partial charge in [0.05, 0.1) is 20.8 Å². The number of ether oxygens (including phenoxy) is 3. The van der Waals surface area contributed by atoms with Crippen LogP contribution in [0.15, 0.2) is 91.3 Å². The summed E-state index contributed by atoms with van der Waals surface area (Å²) in [6, 6.07) is 20.5. The van der Waals surface area contributed by atoms with Crippen LogP contribution in [0.2, 0.25) is 0 Å². The van der Waals surface area contributed by atoms with Crippen molar-refractivity contribution >= 4 is 34.5 Å². The minimum absolute atomic E-state index is 0.0102. The molecule has 1 saturated heterocycles. The summed E-state index contributed by atoms with van der Waals surface area (Å²) in [5, 5.41) is 12.1. The van der Waals surface area contributed by atoms with E-state index in [1.54, 1.807) is 75.2 Å². The van der Waals surface area contributed by atoms with Crippen LogP contribution in [-0.2, 0) is 11.3 Å². The summed E-state index contributed by atoms with van der Waals surface area (Å²) in [5.41, 5.74) is 2.11. The van der Waals surface area contributed by atoms with Crippen LogP contribution in [0.5, 0.6) is 23.0 Å². The predicted molar refractivity (Wildman–Crippen MR) is 198 cm³/mol. The molecule has 1 saturated carbocycles. The number of aromatic nitrogens is 4. The molecule has 1 atom stereocenters. The highest BCUT2D eigenvalue weighted by Gasteiger charge is 2.28. The topological polar surface area (TPSA) is 136 Å². The fraction of sp³-hybridized carbons (Fsp3) is 0.308. The van der Waals surface area contributed by atoms with E-state index in [4.69, 9.17) is 24.3 Å². The third kappa shape index (κ3) is 8.16. The number of rotatable bonds is 14. The number of methoxy groups -OCH3 is 2. The molecule has 268 valence electrons. The minimum atomic E-state index is -0.310. The second-order valence-corrected chi connectivity index (χ2v) is 13.0. The highest BCUT2D eigenvalue weighted by atomic mass is 16.5. The van der Waals surface area contributed by atoms with Crippen molar-refractivity contribution in [3.63, 3.8) is 0 Å². The Balaban J connectivity index is 1.10. The van der Waals surface area contributed by atoms with Gasteiger partial charge < -0.3 is 29.7 Å². The molecule has 13 nitrogen and oxygen atoms in total. The van der Waals surface area contributed by atoms with Crippen molar-refractivity contribution in [2.24, 2.45) is 0 Å². The number of likely N-dealkylation sites (N-methyl/N-ethyl adjacent to an activating group) is 1. The van der Waals surface area contributed by atoms with Crippen LogP contribution in [0.25, 0.3) is 11.0 Å². The molecule has 1 aliphatic heterocycles. The van der Waals surface area contributed by atoms with Gasteiger partial charge in [-0.3, -0.25) is 14.5 Å². The third-order valence-electron chi connectivity index (χ3n) is 9.30. The maximum absolute atomic E-state index is 13.0. The molecule has 7 rings (SSSR count). The molecule has 52 heavy (non-hydrogen) atoms. The normalized spacial score (nSPS) is 15.7. The van der Waals surface area contributed by atoms with Crippen molar-refractivity contribution in [3.8, 4) is 23.0 Å². The lowest BCUT2D eigenvalue weighted by atomic mass is 10.2. The van der Waals surface area contributed by atoms with E-state index in [1.165, 1.54) is 12.8 Å². The molecule has 3 aromatic heterocycles. The quantitative estimate of drug-likeness (QED) is 0.141. The summed E-state index contributed by atoms with van der Waals surface area (Å²) in [6.45, 7) is 2.45. The molecule has 2 fully saturated rings. The average molecular weight is 703 g/mol. The average Bonchev–Trinajstić information content (AvgIpc) is 3.83. The van der Waals surface area contributed by atoms with Gasteiger partial charge in [0.25, 0.3) is 5.91 Å². The number of hydrogen-bond acceptors (Lipinski definition) is 10. The van der Waals surface area contributed by atoms with E-state index >= 15 is 0 Å². The van der Waals surface area contributed by atoms with Crippen molar-refractivity contribution in [2.45, 2.75) is 37.9 Å². The molecular formula is C39H42N8O5. The molecule has 1 unspecified atom stereocenters. The minimum Gasteiger partial charge on any atom is -0.497 e. The number of amides is 2. The van der Waals surface area contributed by atoms with Gasteiger partial charge in [-0.1, -0.05) is 18.2 Å². The molecule has 2 N–H and O–H groups in total. The standard InChI is InChI=1S/C39H42N8O5/c1-45(29-10-11-29)21-4-5-35(48)46-22-18-28(25-46)42-37-36-33(17-20-41-38(36)47(44-37)24-26-6-12-30(50-2)13-7-26)52-31-14-8-27(9-15-31)39(49)43-34-23-32(51-3)16-19-40-34/h4-9,12-17,19-20,23,28-29H,10-11,18,21-22,24-25H2,1-3H3,(H,42,44)(H,40,43,49)/b5-4+. The zero-order chi connectivity index (χ0) is 36.0. The molecule has 2 amide bonds. The Bertz CT molecular complexity index is 2060. The number of anilines is 2. The zero-order valence-corrected chi connectivity index (χ0v) is 29.5. The number of nitrogens with one attached hydrogen (secondary N) is 2. The molecule has 1 aliphatic carbocycles. The number of likely N-dealkylation sites (tertiary alicyclic amines) is 1. The van der Waals surface area contributed by atoms with Crippen LogP contribution in [0.1, 0.15) is 35.2 Å². The van der Waals surface area contributed by atoms with E-state index in [2.05, 4.69) is 27.6 Å². The van der Waals surface area contributed by atoms with Crippen molar-refractivity contribution in [3.05, 3.63) is 102 Å². The van der Waals surface area contributed by atoms with Gasteiger partial charge in [-0.05, 0) is 74.3 Å². The first-order valence-corrected chi connectivity index (χ1v) is 17.4. The van der Waals surface area contributed by atoms with Gasteiger partial charge >= 0.3 is 0 Å². The summed E-state index contributed by atoms with van der Waals surface area (Å²) in [5.74, 6) is 3.18. The Morgan fingerprint density at radius 1 is 0.923 bits per heavy atom. The monoisotopic (exact) mass is 702 g/mol. The van der Waals surface area contributed by atoms with Crippen LogP contribution in [-0.4, -0.2) is 94.3 Å². The Kier molecular flexibility index (Phi) is 10.3. The molecule has 5 aromatic rings. The van der Waals surface area contributed by atoms with Gasteiger partial charge in [0.2, 0.25) is 5.91 Å². The number of carbonyl (C=O) groups excluding carboxylic acids is 2. The van der Waals surface area contributed by atoms with E-state index in [-0.39, 0.29) is 17.9 Å². The van der Waals surface area contributed by atoms with Crippen LogP contribution in [0.4, 0.5) is 11.6 Å². The molecule has 0 spiro atoms. The first-order chi connectivity index (χ1) is 25.4. The zero-order valence-electron chi connectivity index (χ0n) is 29.5. The number of hydrogen-bond donors (Lipinski definition) is 2. The highest BCUT2D eigenvalue weighted by molar-refractivity contribution is 6.04. The van der Waals surface area contributed by atoms with Gasteiger partial charge in [-0.15, -0.1) is 0 Å². The lowest BCUT2D eigenvalue weighted by Crippen LogP contribution is -2.30. The fourth-order valence-corrected chi connectivity index (χ4v) is 6.23. The van der Waals surface area contributed by atoms with Crippen LogP contribution in [0, 0.1) is 0 Å². The summed E-state index contributed by atoms with van der Waals surface area (Å²) < 4.78 is 18.8. The number of carbonyl (C=O) groups is 2. The Labute approximate surface area is 302 Å². The maximum Gasteiger partial charge on any atom is 0.256 e. The van der Waals surface area contributed by atoms with Crippen molar-refractivity contribution < 1.29 is 23.8 Å². The molecule has 0 radical (unpaired) electrons. The number of benzene rings is 2. The van der Waals surface area contributed by atoms with E-state index in [1.807, 2.05) is 39.9 Å². The van der Waals surface area contributed by atoms with Crippen LogP contribution < -0.4 is 24.8 Å². The highest BCUT2D eigenvalue weighted by Crippen LogP contribution is 2.35. The second kappa shape index (κ2) is 15.5. The van der Waals surface area contributed by atoms with Crippen molar-refractivity contribution in [1.29, 1.82) is 0 Å². The number of fused-ring (bicyclic) bond motifs is 1. The maximum atomic E-state index is 13.0. The lowest BCUT2D eigenvalue weighted by Gasteiger charge is -2.16. The summed E-state index contributed by atoms with van der Waals surface area (Å²) in [7, 11) is 5.30.